The number of aromatic nitrogens is 2. The van der Waals surface area contributed by atoms with Crippen molar-refractivity contribution in [3.63, 3.8) is 0 Å². The van der Waals surface area contributed by atoms with Crippen molar-refractivity contribution < 1.29 is 26.3 Å². The second kappa shape index (κ2) is 7.12. The number of fused-ring (bicyclic) bond motifs is 1. The lowest BCUT2D eigenvalue weighted by molar-refractivity contribution is -0.138. The standard InChI is InChI=1S/C20H12F6N4/c21-19(22,23)13-5-7-27-16(9-13)29-18-15-4-2-1-3-12(15)11-30(18)17-10-14(6-8-28-17)20(24,25)26/h1-10H,11H2/b29-18-. The summed E-state index contributed by atoms with van der Waals surface area (Å²) in [6.45, 7) is 0.169. The summed E-state index contributed by atoms with van der Waals surface area (Å²) in [6, 6.07) is 10.2. The van der Waals surface area contributed by atoms with Crippen LogP contribution in [0.25, 0.3) is 0 Å². The summed E-state index contributed by atoms with van der Waals surface area (Å²) in [7, 11) is 0. The first-order chi connectivity index (χ1) is 14.1. The van der Waals surface area contributed by atoms with Gasteiger partial charge in [0.2, 0.25) is 0 Å². The lowest BCUT2D eigenvalue weighted by Crippen LogP contribution is -2.25. The van der Waals surface area contributed by atoms with Crippen LogP contribution in [0.15, 0.2) is 65.9 Å². The van der Waals surface area contributed by atoms with Crippen LogP contribution in [0.2, 0.25) is 0 Å². The van der Waals surface area contributed by atoms with Crippen molar-refractivity contribution in [1.82, 2.24) is 9.97 Å². The number of aliphatic imine (C=N–C) groups is 1. The second-order valence-electron chi connectivity index (χ2n) is 6.48. The topological polar surface area (TPSA) is 41.4 Å². The quantitative estimate of drug-likeness (QED) is 0.504. The van der Waals surface area contributed by atoms with Crippen molar-refractivity contribution in [2.75, 3.05) is 4.90 Å². The molecule has 0 fully saturated rings. The number of rotatable bonds is 2. The van der Waals surface area contributed by atoms with Gasteiger partial charge in [-0.15, -0.1) is 0 Å². The number of hydrogen-bond donors (Lipinski definition) is 0. The Labute approximate surface area is 166 Å². The third-order valence-electron chi connectivity index (χ3n) is 4.49. The Hall–Kier alpha value is -3.43. The van der Waals surface area contributed by atoms with Crippen molar-refractivity contribution in [2.24, 2.45) is 4.99 Å². The number of benzene rings is 1. The number of amidine groups is 1. The average molecular weight is 422 g/mol. The first-order valence-corrected chi connectivity index (χ1v) is 8.64. The van der Waals surface area contributed by atoms with Crippen molar-refractivity contribution in [2.45, 2.75) is 18.9 Å². The third kappa shape index (κ3) is 3.85. The van der Waals surface area contributed by atoms with Gasteiger partial charge in [-0.05, 0) is 29.8 Å². The Morgan fingerprint density at radius 1 is 0.800 bits per heavy atom. The maximum Gasteiger partial charge on any atom is 0.416 e. The number of halogens is 6. The Kier molecular flexibility index (Phi) is 4.71. The van der Waals surface area contributed by atoms with Gasteiger partial charge >= 0.3 is 12.4 Å². The van der Waals surface area contributed by atoms with Crippen LogP contribution in [0.1, 0.15) is 22.3 Å². The molecule has 154 valence electrons. The molecule has 4 nitrogen and oxygen atoms in total. The zero-order chi connectivity index (χ0) is 21.5. The molecule has 0 saturated heterocycles. The summed E-state index contributed by atoms with van der Waals surface area (Å²) in [5.41, 5.74) is -0.481. The monoisotopic (exact) mass is 422 g/mol. The van der Waals surface area contributed by atoms with Crippen LogP contribution < -0.4 is 4.90 Å². The van der Waals surface area contributed by atoms with Gasteiger partial charge in [-0.25, -0.2) is 15.0 Å². The van der Waals surface area contributed by atoms with Crippen molar-refractivity contribution >= 4 is 17.5 Å². The lowest BCUT2D eigenvalue weighted by atomic mass is 10.1. The van der Waals surface area contributed by atoms with E-state index in [1.807, 2.05) is 0 Å². The van der Waals surface area contributed by atoms with E-state index in [1.54, 1.807) is 24.3 Å². The third-order valence-corrected chi connectivity index (χ3v) is 4.49. The van der Waals surface area contributed by atoms with Crippen LogP contribution in [0.4, 0.5) is 38.0 Å². The van der Waals surface area contributed by atoms with E-state index in [2.05, 4.69) is 15.0 Å². The minimum absolute atomic E-state index is 0.0215. The number of anilines is 1. The molecule has 0 bridgehead atoms. The molecule has 0 N–H and O–H groups in total. The number of nitrogens with zero attached hydrogens (tertiary/aromatic N) is 4. The molecule has 0 saturated carbocycles. The molecule has 3 heterocycles. The van der Waals surface area contributed by atoms with Gasteiger partial charge in [-0.1, -0.05) is 24.3 Å². The number of alkyl halides is 6. The summed E-state index contributed by atoms with van der Waals surface area (Å²) >= 11 is 0. The molecule has 0 unspecified atom stereocenters. The van der Waals surface area contributed by atoms with Crippen LogP contribution in [-0.4, -0.2) is 15.8 Å². The predicted octanol–water partition coefficient (Wildman–Crippen LogP) is 5.61. The average Bonchev–Trinajstić information content (AvgIpc) is 3.06. The van der Waals surface area contributed by atoms with E-state index < -0.39 is 23.5 Å². The maximum atomic E-state index is 13.1. The highest BCUT2D eigenvalue weighted by Gasteiger charge is 2.34. The summed E-state index contributed by atoms with van der Waals surface area (Å²) in [4.78, 5) is 13.5. The summed E-state index contributed by atoms with van der Waals surface area (Å²) < 4.78 is 78.4. The zero-order valence-electron chi connectivity index (χ0n) is 15.0. The Balaban J connectivity index is 1.82. The fraction of sp³-hybridized carbons (Fsp3) is 0.150. The molecule has 3 aromatic rings. The Bertz CT molecular complexity index is 1120. The highest BCUT2D eigenvalue weighted by Crippen LogP contribution is 2.35. The fourth-order valence-electron chi connectivity index (χ4n) is 3.08. The van der Waals surface area contributed by atoms with Gasteiger partial charge in [-0.3, -0.25) is 0 Å². The van der Waals surface area contributed by atoms with Gasteiger partial charge in [-0.2, -0.15) is 26.3 Å². The highest BCUT2D eigenvalue weighted by atomic mass is 19.4. The van der Waals surface area contributed by atoms with Crippen LogP contribution in [-0.2, 0) is 18.9 Å². The summed E-state index contributed by atoms with van der Waals surface area (Å²) in [5, 5.41) is 0. The van der Waals surface area contributed by atoms with E-state index in [1.165, 1.54) is 4.90 Å². The van der Waals surface area contributed by atoms with Crippen LogP contribution in [0.3, 0.4) is 0 Å². The van der Waals surface area contributed by atoms with Crippen molar-refractivity contribution in [3.8, 4) is 0 Å². The van der Waals surface area contributed by atoms with E-state index in [4.69, 9.17) is 0 Å². The first kappa shape index (κ1) is 19.9. The second-order valence-corrected chi connectivity index (χ2v) is 6.48. The molecule has 1 aliphatic heterocycles. The first-order valence-electron chi connectivity index (χ1n) is 8.64. The highest BCUT2D eigenvalue weighted by molar-refractivity contribution is 6.14. The molecule has 0 radical (unpaired) electrons. The molecule has 0 aliphatic carbocycles. The molecule has 2 aromatic heterocycles. The van der Waals surface area contributed by atoms with Crippen LogP contribution >= 0.6 is 0 Å². The smallest absolute Gasteiger partial charge is 0.306 e. The molecular weight excluding hydrogens is 410 g/mol. The molecule has 0 amide bonds. The number of hydrogen-bond acceptors (Lipinski definition) is 3. The van der Waals surface area contributed by atoms with Gasteiger partial charge in [0.1, 0.15) is 11.7 Å². The fourth-order valence-corrected chi connectivity index (χ4v) is 3.08. The van der Waals surface area contributed by atoms with Gasteiger partial charge in [0.25, 0.3) is 0 Å². The zero-order valence-corrected chi connectivity index (χ0v) is 15.0. The largest absolute Gasteiger partial charge is 0.416 e. The molecule has 30 heavy (non-hydrogen) atoms. The van der Waals surface area contributed by atoms with Gasteiger partial charge in [0, 0.05) is 18.0 Å². The lowest BCUT2D eigenvalue weighted by Gasteiger charge is -2.19. The molecule has 0 spiro atoms. The summed E-state index contributed by atoms with van der Waals surface area (Å²) in [5.74, 6) is -0.0653. The Morgan fingerprint density at radius 3 is 2.13 bits per heavy atom. The molecule has 1 aliphatic rings. The molecule has 10 heteroatoms. The van der Waals surface area contributed by atoms with E-state index in [-0.39, 0.29) is 24.0 Å². The van der Waals surface area contributed by atoms with Crippen molar-refractivity contribution in [1.29, 1.82) is 0 Å². The van der Waals surface area contributed by atoms with E-state index in [0.29, 0.717) is 5.56 Å². The van der Waals surface area contributed by atoms with E-state index in [9.17, 15) is 26.3 Å². The minimum Gasteiger partial charge on any atom is -0.306 e. The molecule has 0 atom stereocenters. The minimum atomic E-state index is -4.58. The van der Waals surface area contributed by atoms with E-state index >= 15 is 0 Å². The van der Waals surface area contributed by atoms with E-state index in [0.717, 1.165) is 42.2 Å². The van der Waals surface area contributed by atoms with Gasteiger partial charge in [0.05, 0.1) is 17.7 Å². The van der Waals surface area contributed by atoms with Crippen molar-refractivity contribution in [3.05, 3.63) is 83.2 Å². The molecule has 4 rings (SSSR count). The van der Waals surface area contributed by atoms with Crippen LogP contribution in [0.5, 0.6) is 0 Å². The van der Waals surface area contributed by atoms with Crippen LogP contribution in [0, 0.1) is 0 Å². The predicted molar refractivity (Wildman–Crippen MR) is 97.3 cm³/mol. The normalized spacial score (nSPS) is 15.5. The van der Waals surface area contributed by atoms with Gasteiger partial charge < -0.3 is 4.90 Å². The Morgan fingerprint density at radius 2 is 1.43 bits per heavy atom. The SMILES string of the molecule is FC(F)(F)c1ccnc(/N=C2/c3ccccc3CN2c2cc(C(F)(F)F)ccn2)c1. The maximum absolute atomic E-state index is 13.1. The molecular formula is C20H12F6N4. The summed E-state index contributed by atoms with van der Waals surface area (Å²) in [6.07, 6.45) is -7.13. The number of pyridine rings is 2. The van der Waals surface area contributed by atoms with Gasteiger partial charge in [0.15, 0.2) is 5.82 Å². The molecule has 1 aromatic carbocycles.